The second-order valence-corrected chi connectivity index (χ2v) is 5.26. The minimum atomic E-state index is -0.454. The fourth-order valence-electron chi connectivity index (χ4n) is 1.77. The van der Waals surface area contributed by atoms with Gasteiger partial charge in [0.05, 0.1) is 17.6 Å². The van der Waals surface area contributed by atoms with E-state index in [1.54, 1.807) is 6.92 Å². The molecule has 2 rings (SSSR count). The molecule has 2 N–H and O–H groups in total. The van der Waals surface area contributed by atoms with Crippen LogP contribution in [0.4, 0.5) is 0 Å². The predicted octanol–water partition coefficient (Wildman–Crippen LogP) is 1.62. The smallest absolute Gasteiger partial charge is 0.359 e. The Kier molecular flexibility index (Phi) is 5.49. The Morgan fingerprint density at radius 1 is 1.24 bits per heavy atom. The number of thioether (sulfide) groups is 1. The van der Waals surface area contributed by atoms with Crippen LogP contribution in [0.2, 0.25) is 0 Å². The molecule has 0 saturated carbocycles. The number of nitrogens with zero attached hydrogens (tertiary/aromatic N) is 2. The zero-order valence-corrected chi connectivity index (χ0v) is 13.0. The summed E-state index contributed by atoms with van der Waals surface area (Å²) in [5, 5.41) is 6.70. The number of carbonyl (C=O) groups is 1. The molecular formula is C14H18N4O2S. The first-order chi connectivity index (χ1) is 10.2. The van der Waals surface area contributed by atoms with Crippen molar-refractivity contribution in [3.05, 3.63) is 30.0 Å². The van der Waals surface area contributed by atoms with E-state index in [0.29, 0.717) is 17.1 Å². The van der Waals surface area contributed by atoms with Crippen molar-refractivity contribution in [2.75, 3.05) is 20.7 Å². The Morgan fingerprint density at radius 3 is 2.43 bits per heavy atom. The SMILES string of the molecule is CCOC(=O)c1nc2ccccc2nc1SC(NC)NC. The molecule has 0 aliphatic rings. The number of rotatable bonds is 6. The second kappa shape index (κ2) is 7.35. The molecule has 2 aromatic rings. The molecule has 1 aromatic carbocycles. The van der Waals surface area contributed by atoms with Gasteiger partial charge in [0.15, 0.2) is 5.69 Å². The molecule has 0 aliphatic heterocycles. The molecule has 0 aliphatic carbocycles. The highest BCUT2D eigenvalue weighted by Gasteiger charge is 2.20. The van der Waals surface area contributed by atoms with Gasteiger partial charge in [-0.3, -0.25) is 10.6 Å². The molecule has 1 aromatic heterocycles. The van der Waals surface area contributed by atoms with Gasteiger partial charge in [0.1, 0.15) is 10.5 Å². The summed E-state index contributed by atoms with van der Waals surface area (Å²) in [5.74, 6) is -0.454. The van der Waals surface area contributed by atoms with Crippen LogP contribution < -0.4 is 10.6 Å². The quantitative estimate of drug-likeness (QED) is 0.477. The van der Waals surface area contributed by atoms with Crippen molar-refractivity contribution in [3.63, 3.8) is 0 Å². The Bertz CT molecular complexity index is 631. The molecule has 1 heterocycles. The lowest BCUT2D eigenvalue weighted by atomic mass is 10.3. The van der Waals surface area contributed by atoms with Crippen LogP contribution in [0.5, 0.6) is 0 Å². The number of hydrogen-bond donors (Lipinski definition) is 2. The average Bonchev–Trinajstić information content (AvgIpc) is 2.52. The molecule has 0 fully saturated rings. The standard InChI is InChI=1S/C14H18N4O2S/c1-4-20-13(19)11-12(21-14(15-2)16-3)18-10-8-6-5-7-9(10)17-11/h5-8,14-16H,4H2,1-3H3. The highest BCUT2D eigenvalue weighted by atomic mass is 32.2. The Balaban J connectivity index is 2.47. The predicted molar refractivity (Wildman–Crippen MR) is 83.3 cm³/mol. The number of hydrogen-bond acceptors (Lipinski definition) is 7. The third-order valence-corrected chi connectivity index (χ3v) is 3.98. The number of carbonyl (C=O) groups excluding carboxylic acids is 1. The fourth-order valence-corrected chi connectivity index (χ4v) is 2.62. The normalized spacial score (nSPS) is 11.0. The van der Waals surface area contributed by atoms with Crippen molar-refractivity contribution in [3.8, 4) is 0 Å². The van der Waals surface area contributed by atoms with Crippen molar-refractivity contribution in [2.45, 2.75) is 17.4 Å². The maximum absolute atomic E-state index is 12.1. The monoisotopic (exact) mass is 306 g/mol. The minimum absolute atomic E-state index is 0.0753. The van der Waals surface area contributed by atoms with E-state index in [1.165, 1.54) is 11.8 Å². The number of benzene rings is 1. The van der Waals surface area contributed by atoms with E-state index in [0.717, 1.165) is 5.52 Å². The van der Waals surface area contributed by atoms with Crippen molar-refractivity contribution in [1.82, 2.24) is 20.6 Å². The van der Waals surface area contributed by atoms with Gasteiger partial charge in [-0.05, 0) is 33.2 Å². The molecule has 0 radical (unpaired) electrons. The van der Waals surface area contributed by atoms with Gasteiger partial charge in [0.2, 0.25) is 0 Å². The Hall–Kier alpha value is -1.70. The molecule has 112 valence electrons. The van der Waals surface area contributed by atoms with E-state index in [-0.39, 0.29) is 11.2 Å². The van der Waals surface area contributed by atoms with Gasteiger partial charge in [-0.1, -0.05) is 23.9 Å². The summed E-state index contributed by atoms with van der Waals surface area (Å²) < 4.78 is 5.07. The zero-order chi connectivity index (χ0) is 15.2. The molecular weight excluding hydrogens is 288 g/mol. The van der Waals surface area contributed by atoms with Crippen molar-refractivity contribution < 1.29 is 9.53 Å². The van der Waals surface area contributed by atoms with Gasteiger partial charge >= 0.3 is 5.97 Å². The summed E-state index contributed by atoms with van der Waals surface area (Å²) in [6.45, 7) is 2.07. The number of nitrogens with one attached hydrogen (secondary N) is 2. The van der Waals surface area contributed by atoms with Crippen LogP contribution in [0.3, 0.4) is 0 Å². The summed E-state index contributed by atoms with van der Waals surface area (Å²) >= 11 is 1.39. The van der Waals surface area contributed by atoms with Crippen molar-refractivity contribution in [1.29, 1.82) is 0 Å². The van der Waals surface area contributed by atoms with E-state index in [9.17, 15) is 4.79 Å². The first kappa shape index (κ1) is 15.7. The number of para-hydroxylation sites is 2. The summed E-state index contributed by atoms with van der Waals surface area (Å²) in [4.78, 5) is 21.0. The van der Waals surface area contributed by atoms with E-state index in [2.05, 4.69) is 20.6 Å². The summed E-state index contributed by atoms with van der Waals surface area (Å²) in [5.41, 5.74) is 1.60. The van der Waals surface area contributed by atoms with Crippen LogP contribution in [0.1, 0.15) is 17.4 Å². The topological polar surface area (TPSA) is 76.1 Å². The van der Waals surface area contributed by atoms with Crippen molar-refractivity contribution >= 4 is 28.8 Å². The number of esters is 1. The van der Waals surface area contributed by atoms with Crippen LogP contribution >= 0.6 is 11.8 Å². The van der Waals surface area contributed by atoms with Crippen molar-refractivity contribution in [2.24, 2.45) is 0 Å². The van der Waals surface area contributed by atoms with Gasteiger partial charge in [-0.15, -0.1) is 0 Å². The summed E-state index contributed by atoms with van der Waals surface area (Å²) in [6, 6.07) is 7.45. The maximum atomic E-state index is 12.1. The molecule has 0 unspecified atom stereocenters. The Labute approximate surface area is 127 Å². The average molecular weight is 306 g/mol. The molecule has 6 nitrogen and oxygen atoms in total. The largest absolute Gasteiger partial charge is 0.461 e. The first-order valence-corrected chi connectivity index (χ1v) is 7.52. The fraction of sp³-hybridized carbons (Fsp3) is 0.357. The van der Waals surface area contributed by atoms with Crippen LogP contribution in [-0.2, 0) is 4.74 Å². The van der Waals surface area contributed by atoms with Crippen LogP contribution in [-0.4, -0.2) is 42.1 Å². The number of aromatic nitrogens is 2. The molecule has 0 bridgehead atoms. The van der Waals surface area contributed by atoms with Crippen LogP contribution in [0.25, 0.3) is 11.0 Å². The van der Waals surface area contributed by atoms with Gasteiger partial charge < -0.3 is 4.74 Å². The Morgan fingerprint density at radius 2 is 1.86 bits per heavy atom. The molecule has 0 spiro atoms. The zero-order valence-electron chi connectivity index (χ0n) is 12.2. The van der Waals surface area contributed by atoms with Crippen LogP contribution in [0.15, 0.2) is 29.3 Å². The highest BCUT2D eigenvalue weighted by molar-refractivity contribution is 7.99. The van der Waals surface area contributed by atoms with E-state index in [4.69, 9.17) is 4.74 Å². The van der Waals surface area contributed by atoms with Gasteiger partial charge in [0.25, 0.3) is 0 Å². The van der Waals surface area contributed by atoms with E-state index < -0.39 is 5.97 Å². The lowest BCUT2D eigenvalue weighted by Crippen LogP contribution is -2.34. The highest BCUT2D eigenvalue weighted by Crippen LogP contribution is 2.24. The maximum Gasteiger partial charge on any atom is 0.359 e. The summed E-state index contributed by atoms with van der Waals surface area (Å²) in [7, 11) is 3.65. The number of ether oxygens (including phenoxy) is 1. The van der Waals surface area contributed by atoms with E-state index >= 15 is 0 Å². The molecule has 0 atom stereocenters. The molecule has 7 heteroatoms. The molecule has 0 amide bonds. The lowest BCUT2D eigenvalue weighted by molar-refractivity contribution is 0.0514. The van der Waals surface area contributed by atoms with Crippen LogP contribution in [0, 0.1) is 0 Å². The third kappa shape index (κ3) is 3.69. The third-order valence-electron chi connectivity index (χ3n) is 2.76. The van der Waals surface area contributed by atoms with E-state index in [1.807, 2.05) is 38.4 Å². The van der Waals surface area contributed by atoms with Gasteiger partial charge in [0, 0.05) is 0 Å². The van der Waals surface area contributed by atoms with Gasteiger partial charge in [-0.25, -0.2) is 14.8 Å². The molecule has 0 saturated heterocycles. The first-order valence-electron chi connectivity index (χ1n) is 6.64. The molecule has 21 heavy (non-hydrogen) atoms. The minimum Gasteiger partial charge on any atom is -0.461 e. The number of fused-ring (bicyclic) bond motifs is 1. The van der Waals surface area contributed by atoms with Gasteiger partial charge in [-0.2, -0.15) is 0 Å². The lowest BCUT2D eigenvalue weighted by Gasteiger charge is -2.15. The second-order valence-electron chi connectivity index (χ2n) is 4.16. The summed E-state index contributed by atoms with van der Waals surface area (Å²) in [6.07, 6.45) is 0.